The second-order valence-corrected chi connectivity index (χ2v) is 4.10. The van der Waals surface area contributed by atoms with E-state index in [4.69, 9.17) is 0 Å². The fourth-order valence-corrected chi connectivity index (χ4v) is 1.52. The van der Waals surface area contributed by atoms with E-state index in [9.17, 15) is 14.4 Å². The zero-order chi connectivity index (χ0) is 15.0. The third-order valence-electron chi connectivity index (χ3n) is 2.60. The van der Waals surface area contributed by atoms with Gasteiger partial charge in [0.05, 0.1) is 18.4 Å². The minimum atomic E-state index is -0.808. The van der Waals surface area contributed by atoms with E-state index in [1.54, 1.807) is 12.1 Å². The first kappa shape index (κ1) is 15.7. The topological polar surface area (TPSA) is 84.5 Å². The van der Waals surface area contributed by atoms with Crippen molar-refractivity contribution in [2.75, 3.05) is 19.0 Å². The Balaban J connectivity index is 2.71. The highest BCUT2D eigenvalue weighted by Gasteiger charge is 2.17. The number of para-hydroxylation sites is 1. The maximum Gasteiger partial charge on any atom is 0.339 e. The SMILES string of the molecule is CCCCNC(=O)C(=O)Nc1ccccc1C(=O)OC. The number of amides is 2. The summed E-state index contributed by atoms with van der Waals surface area (Å²) in [7, 11) is 1.25. The second kappa shape index (κ2) is 7.93. The highest BCUT2D eigenvalue weighted by atomic mass is 16.5. The Morgan fingerprint density at radius 3 is 2.50 bits per heavy atom. The molecule has 0 radical (unpaired) electrons. The van der Waals surface area contributed by atoms with Crippen molar-refractivity contribution in [2.45, 2.75) is 19.8 Å². The van der Waals surface area contributed by atoms with Crippen LogP contribution in [0.1, 0.15) is 30.1 Å². The molecule has 1 aromatic rings. The van der Waals surface area contributed by atoms with Crippen LogP contribution in [0, 0.1) is 0 Å². The third kappa shape index (κ3) is 4.38. The number of esters is 1. The summed E-state index contributed by atoms with van der Waals surface area (Å²) >= 11 is 0. The van der Waals surface area contributed by atoms with Gasteiger partial charge in [0.25, 0.3) is 0 Å². The largest absolute Gasteiger partial charge is 0.465 e. The number of ether oxygens (including phenoxy) is 1. The van der Waals surface area contributed by atoms with Crippen LogP contribution in [0.15, 0.2) is 24.3 Å². The minimum Gasteiger partial charge on any atom is -0.465 e. The van der Waals surface area contributed by atoms with Crippen molar-refractivity contribution in [3.05, 3.63) is 29.8 Å². The molecule has 0 atom stereocenters. The quantitative estimate of drug-likeness (QED) is 0.483. The van der Waals surface area contributed by atoms with Crippen molar-refractivity contribution in [2.24, 2.45) is 0 Å². The fraction of sp³-hybridized carbons (Fsp3) is 0.357. The van der Waals surface area contributed by atoms with Crippen LogP contribution < -0.4 is 10.6 Å². The molecule has 0 unspecified atom stereocenters. The van der Waals surface area contributed by atoms with Gasteiger partial charge in [-0.15, -0.1) is 0 Å². The van der Waals surface area contributed by atoms with E-state index in [0.717, 1.165) is 12.8 Å². The summed E-state index contributed by atoms with van der Waals surface area (Å²) in [6.45, 7) is 2.43. The maximum absolute atomic E-state index is 11.7. The summed E-state index contributed by atoms with van der Waals surface area (Å²) in [5, 5.41) is 4.90. The molecule has 20 heavy (non-hydrogen) atoms. The van der Waals surface area contributed by atoms with Crippen LogP contribution >= 0.6 is 0 Å². The molecule has 6 nitrogen and oxygen atoms in total. The van der Waals surface area contributed by atoms with E-state index < -0.39 is 17.8 Å². The van der Waals surface area contributed by atoms with Gasteiger partial charge >= 0.3 is 17.8 Å². The van der Waals surface area contributed by atoms with Crippen molar-refractivity contribution in [3.63, 3.8) is 0 Å². The molecule has 6 heteroatoms. The number of nitrogens with one attached hydrogen (secondary N) is 2. The molecule has 0 bridgehead atoms. The van der Waals surface area contributed by atoms with Gasteiger partial charge in [0, 0.05) is 6.54 Å². The first-order valence-corrected chi connectivity index (χ1v) is 6.36. The summed E-state index contributed by atoms with van der Waals surface area (Å²) in [5.41, 5.74) is 0.444. The molecule has 0 fully saturated rings. The molecule has 0 aliphatic carbocycles. The molecule has 0 saturated carbocycles. The zero-order valence-corrected chi connectivity index (χ0v) is 11.6. The van der Waals surface area contributed by atoms with E-state index in [1.165, 1.54) is 19.2 Å². The van der Waals surface area contributed by atoms with Gasteiger partial charge in [0.15, 0.2) is 0 Å². The Morgan fingerprint density at radius 2 is 1.85 bits per heavy atom. The number of anilines is 1. The summed E-state index contributed by atoms with van der Waals surface area (Å²) in [5.74, 6) is -2.11. The van der Waals surface area contributed by atoms with Gasteiger partial charge in [0.2, 0.25) is 0 Å². The van der Waals surface area contributed by atoms with E-state index in [2.05, 4.69) is 15.4 Å². The summed E-state index contributed by atoms with van der Waals surface area (Å²) < 4.78 is 4.61. The molecule has 2 amide bonds. The number of hydrogen-bond donors (Lipinski definition) is 2. The van der Waals surface area contributed by atoms with Crippen molar-refractivity contribution < 1.29 is 19.1 Å². The lowest BCUT2D eigenvalue weighted by Gasteiger charge is -2.09. The number of benzene rings is 1. The molecular weight excluding hydrogens is 260 g/mol. The van der Waals surface area contributed by atoms with Gasteiger partial charge in [-0.2, -0.15) is 0 Å². The molecule has 0 aliphatic rings. The van der Waals surface area contributed by atoms with Crippen LogP contribution in [0.2, 0.25) is 0 Å². The van der Waals surface area contributed by atoms with Gasteiger partial charge in [-0.25, -0.2) is 4.79 Å². The van der Waals surface area contributed by atoms with Crippen LogP contribution in [0.5, 0.6) is 0 Å². The molecule has 0 heterocycles. The number of unbranched alkanes of at least 4 members (excludes halogenated alkanes) is 1. The number of methoxy groups -OCH3 is 1. The minimum absolute atomic E-state index is 0.199. The molecule has 0 saturated heterocycles. The average molecular weight is 278 g/mol. The maximum atomic E-state index is 11.7. The molecule has 0 aromatic heterocycles. The van der Waals surface area contributed by atoms with Crippen molar-refractivity contribution in [1.29, 1.82) is 0 Å². The average Bonchev–Trinajstić information content (AvgIpc) is 2.47. The van der Waals surface area contributed by atoms with E-state index >= 15 is 0 Å². The third-order valence-corrected chi connectivity index (χ3v) is 2.60. The highest BCUT2D eigenvalue weighted by Crippen LogP contribution is 2.15. The van der Waals surface area contributed by atoms with Gasteiger partial charge < -0.3 is 15.4 Å². The summed E-state index contributed by atoms with van der Waals surface area (Å²) in [6.07, 6.45) is 1.73. The fourth-order valence-electron chi connectivity index (χ4n) is 1.52. The molecule has 0 spiro atoms. The smallest absolute Gasteiger partial charge is 0.339 e. The lowest BCUT2D eigenvalue weighted by molar-refractivity contribution is -0.136. The molecule has 1 rings (SSSR count). The Hall–Kier alpha value is -2.37. The number of rotatable bonds is 5. The summed E-state index contributed by atoms with van der Waals surface area (Å²) in [4.78, 5) is 34.8. The van der Waals surface area contributed by atoms with Crippen LogP contribution in [0.3, 0.4) is 0 Å². The standard InChI is InChI=1S/C14H18N2O4/c1-3-4-9-15-12(17)13(18)16-11-8-6-5-7-10(11)14(19)20-2/h5-8H,3-4,9H2,1-2H3,(H,15,17)(H,16,18). The number of hydrogen-bond acceptors (Lipinski definition) is 4. The Labute approximate surface area is 117 Å². The molecule has 2 N–H and O–H groups in total. The first-order valence-electron chi connectivity index (χ1n) is 6.36. The Bertz CT molecular complexity index is 500. The van der Waals surface area contributed by atoms with Crippen LogP contribution in [0.25, 0.3) is 0 Å². The Morgan fingerprint density at radius 1 is 1.15 bits per heavy atom. The lowest BCUT2D eigenvalue weighted by atomic mass is 10.2. The molecular formula is C14H18N2O4. The number of carbonyl (C=O) groups is 3. The van der Waals surface area contributed by atoms with E-state index in [-0.39, 0.29) is 11.3 Å². The predicted octanol–water partition coefficient (Wildman–Crippen LogP) is 1.33. The lowest BCUT2D eigenvalue weighted by Crippen LogP contribution is -2.36. The van der Waals surface area contributed by atoms with Crippen molar-refractivity contribution >= 4 is 23.5 Å². The van der Waals surface area contributed by atoms with Crippen LogP contribution in [0.4, 0.5) is 5.69 Å². The monoisotopic (exact) mass is 278 g/mol. The second-order valence-electron chi connectivity index (χ2n) is 4.10. The molecule has 0 aliphatic heterocycles. The molecule has 1 aromatic carbocycles. The van der Waals surface area contributed by atoms with E-state index in [1.807, 2.05) is 6.92 Å². The highest BCUT2D eigenvalue weighted by molar-refractivity contribution is 6.40. The van der Waals surface area contributed by atoms with Gasteiger partial charge in [-0.3, -0.25) is 9.59 Å². The van der Waals surface area contributed by atoms with Gasteiger partial charge in [0.1, 0.15) is 0 Å². The molecule has 108 valence electrons. The summed E-state index contributed by atoms with van der Waals surface area (Å²) in [6, 6.07) is 6.33. The van der Waals surface area contributed by atoms with Crippen molar-refractivity contribution in [1.82, 2.24) is 5.32 Å². The predicted molar refractivity (Wildman–Crippen MR) is 74.3 cm³/mol. The normalized spacial score (nSPS) is 9.70. The van der Waals surface area contributed by atoms with Crippen LogP contribution in [-0.4, -0.2) is 31.4 Å². The van der Waals surface area contributed by atoms with Gasteiger partial charge in [-0.1, -0.05) is 25.5 Å². The first-order chi connectivity index (χ1) is 9.60. The van der Waals surface area contributed by atoms with Crippen molar-refractivity contribution in [3.8, 4) is 0 Å². The van der Waals surface area contributed by atoms with Gasteiger partial charge in [-0.05, 0) is 18.6 Å². The number of carbonyl (C=O) groups excluding carboxylic acids is 3. The van der Waals surface area contributed by atoms with Crippen LogP contribution in [-0.2, 0) is 14.3 Å². The Kier molecular flexibility index (Phi) is 6.22. The van der Waals surface area contributed by atoms with E-state index in [0.29, 0.717) is 6.54 Å². The zero-order valence-electron chi connectivity index (χ0n) is 11.6.